The van der Waals surface area contributed by atoms with Gasteiger partial charge in [0.15, 0.2) is 5.96 Å². The van der Waals surface area contributed by atoms with Gasteiger partial charge in [-0.15, -0.1) is 0 Å². The number of aliphatic carboxylic acids is 1. The second-order valence-corrected chi connectivity index (χ2v) is 3.34. The molecule has 0 radical (unpaired) electrons. The molecule has 102 valence electrons. The molecular formula is C10H18N4O4. The smallest absolute Gasteiger partial charge is 0.320 e. The van der Waals surface area contributed by atoms with Crippen LogP contribution in [-0.4, -0.2) is 34.7 Å². The molecule has 0 aliphatic heterocycles. The lowest BCUT2D eigenvalue weighted by molar-refractivity contribution is -0.138. The zero-order chi connectivity index (χ0) is 14.0. The summed E-state index contributed by atoms with van der Waals surface area (Å²) in [5.74, 6) is -1.02. The quantitative estimate of drug-likeness (QED) is 0.268. The van der Waals surface area contributed by atoms with Gasteiger partial charge >= 0.3 is 5.97 Å². The fourth-order valence-corrected chi connectivity index (χ4v) is 0.913. The van der Waals surface area contributed by atoms with E-state index in [-0.39, 0.29) is 11.9 Å². The monoisotopic (exact) mass is 258 g/mol. The molecule has 0 aromatic carbocycles. The van der Waals surface area contributed by atoms with Gasteiger partial charge in [0.1, 0.15) is 6.04 Å². The number of aromatic hydroxyl groups is 1. The molecule has 18 heavy (non-hydrogen) atoms. The van der Waals surface area contributed by atoms with Gasteiger partial charge in [-0.05, 0) is 18.9 Å². The molecule has 1 rings (SSSR count). The molecule has 0 saturated carbocycles. The highest BCUT2D eigenvalue weighted by atomic mass is 16.5. The first kappa shape index (κ1) is 15.8. The molecule has 8 heteroatoms. The number of aliphatic imine (C=N–C) groups is 1. The Labute approximate surface area is 104 Å². The first-order valence-corrected chi connectivity index (χ1v) is 5.19. The Hall–Kier alpha value is -2.22. The molecule has 0 aliphatic rings. The number of hydrogen-bond donors (Lipinski definition) is 5. The van der Waals surface area contributed by atoms with Crippen molar-refractivity contribution in [2.24, 2.45) is 22.2 Å². The van der Waals surface area contributed by atoms with E-state index in [0.717, 1.165) is 0 Å². The van der Waals surface area contributed by atoms with E-state index >= 15 is 0 Å². The molecule has 1 aromatic rings. The summed E-state index contributed by atoms with van der Waals surface area (Å²) in [6, 6.07) is 2.27. The number of carboxylic acids is 1. The third-order valence-corrected chi connectivity index (χ3v) is 1.79. The number of carbonyl (C=O) groups is 1. The van der Waals surface area contributed by atoms with Crippen LogP contribution in [-0.2, 0) is 4.79 Å². The Morgan fingerprint density at radius 1 is 1.50 bits per heavy atom. The Balaban J connectivity index is 0.000000397. The minimum absolute atomic E-state index is 0.0129. The summed E-state index contributed by atoms with van der Waals surface area (Å²) in [5, 5.41) is 16.7. The SMILES string of the molecule is NC(N)=NCCCC(N)C(=O)O.Oc1ccco1. The molecule has 8 N–H and O–H groups in total. The highest BCUT2D eigenvalue weighted by molar-refractivity contribution is 5.75. The Morgan fingerprint density at radius 3 is 2.50 bits per heavy atom. The maximum Gasteiger partial charge on any atom is 0.320 e. The van der Waals surface area contributed by atoms with Crippen molar-refractivity contribution in [1.82, 2.24) is 0 Å². The summed E-state index contributed by atoms with van der Waals surface area (Å²) in [7, 11) is 0. The molecule has 8 nitrogen and oxygen atoms in total. The van der Waals surface area contributed by atoms with Crippen LogP contribution < -0.4 is 17.2 Å². The molecule has 0 saturated heterocycles. The van der Waals surface area contributed by atoms with Gasteiger partial charge < -0.3 is 31.8 Å². The topological polar surface area (TPSA) is 161 Å². The normalized spacial score (nSPS) is 10.9. The van der Waals surface area contributed by atoms with Crippen molar-refractivity contribution >= 4 is 11.9 Å². The summed E-state index contributed by atoms with van der Waals surface area (Å²) in [5.41, 5.74) is 15.3. The van der Waals surface area contributed by atoms with E-state index in [1.165, 1.54) is 12.3 Å². The predicted molar refractivity (Wildman–Crippen MR) is 65.9 cm³/mol. The van der Waals surface area contributed by atoms with Crippen LogP contribution in [0.25, 0.3) is 0 Å². The van der Waals surface area contributed by atoms with Crippen LogP contribution in [0.1, 0.15) is 12.8 Å². The molecule has 0 spiro atoms. The highest BCUT2D eigenvalue weighted by Gasteiger charge is 2.09. The number of carboxylic acid groups (broad SMARTS) is 1. The van der Waals surface area contributed by atoms with Crippen LogP contribution >= 0.6 is 0 Å². The second kappa shape index (κ2) is 8.88. The van der Waals surface area contributed by atoms with E-state index in [2.05, 4.69) is 9.41 Å². The maximum absolute atomic E-state index is 10.2. The van der Waals surface area contributed by atoms with Crippen molar-refractivity contribution in [1.29, 1.82) is 0 Å². The van der Waals surface area contributed by atoms with Crippen molar-refractivity contribution in [2.75, 3.05) is 6.54 Å². The molecule has 0 bridgehead atoms. The lowest BCUT2D eigenvalue weighted by Crippen LogP contribution is -2.30. The van der Waals surface area contributed by atoms with Crippen LogP contribution in [0, 0.1) is 0 Å². The lowest BCUT2D eigenvalue weighted by atomic mass is 10.2. The molecule has 1 atom stereocenters. The summed E-state index contributed by atoms with van der Waals surface area (Å²) in [4.78, 5) is 13.9. The van der Waals surface area contributed by atoms with Crippen LogP contribution in [0.15, 0.2) is 27.8 Å². The van der Waals surface area contributed by atoms with E-state index < -0.39 is 12.0 Å². The zero-order valence-corrected chi connectivity index (χ0v) is 9.82. The van der Waals surface area contributed by atoms with Crippen molar-refractivity contribution in [3.63, 3.8) is 0 Å². The lowest BCUT2D eigenvalue weighted by Gasteiger charge is -2.03. The standard InChI is InChI=1S/C6H14N4O2.C4H4O2/c7-4(5(11)12)2-1-3-10-6(8)9;5-4-2-1-3-6-4/h4H,1-3,7H2,(H,11,12)(H4,8,9,10);1-3,5H. The summed E-state index contributed by atoms with van der Waals surface area (Å²) < 4.78 is 4.39. The van der Waals surface area contributed by atoms with E-state index in [1.807, 2.05) is 0 Å². The second-order valence-electron chi connectivity index (χ2n) is 3.34. The van der Waals surface area contributed by atoms with Gasteiger partial charge in [-0.3, -0.25) is 9.79 Å². The van der Waals surface area contributed by atoms with Gasteiger partial charge in [-0.1, -0.05) is 0 Å². The largest absolute Gasteiger partial charge is 0.481 e. The number of nitrogens with two attached hydrogens (primary N) is 3. The van der Waals surface area contributed by atoms with E-state index in [1.54, 1.807) is 6.07 Å². The first-order chi connectivity index (χ1) is 8.43. The molecule has 0 aliphatic carbocycles. The van der Waals surface area contributed by atoms with Gasteiger partial charge in [0.25, 0.3) is 5.95 Å². The first-order valence-electron chi connectivity index (χ1n) is 5.19. The molecule has 0 fully saturated rings. The number of furan rings is 1. The van der Waals surface area contributed by atoms with Crippen LogP contribution in [0.3, 0.4) is 0 Å². The summed E-state index contributed by atoms with van der Waals surface area (Å²) in [6.07, 6.45) is 2.37. The molecule has 0 amide bonds. The highest BCUT2D eigenvalue weighted by Crippen LogP contribution is 2.04. The Bertz CT molecular complexity index is 360. The van der Waals surface area contributed by atoms with Crippen LogP contribution in [0.2, 0.25) is 0 Å². The van der Waals surface area contributed by atoms with Crippen molar-refractivity contribution in [3.8, 4) is 5.95 Å². The van der Waals surface area contributed by atoms with Gasteiger partial charge in [0, 0.05) is 12.6 Å². The maximum atomic E-state index is 10.2. The van der Waals surface area contributed by atoms with E-state index in [9.17, 15) is 4.79 Å². The summed E-state index contributed by atoms with van der Waals surface area (Å²) in [6.45, 7) is 0.420. The Kier molecular flexibility index (Phi) is 7.78. The van der Waals surface area contributed by atoms with Crippen LogP contribution in [0.4, 0.5) is 0 Å². The van der Waals surface area contributed by atoms with Gasteiger partial charge in [0.2, 0.25) is 0 Å². The summed E-state index contributed by atoms with van der Waals surface area (Å²) >= 11 is 0. The van der Waals surface area contributed by atoms with Crippen molar-refractivity contribution in [2.45, 2.75) is 18.9 Å². The van der Waals surface area contributed by atoms with Gasteiger partial charge in [0.05, 0.1) is 6.26 Å². The number of guanidine groups is 1. The average Bonchev–Trinajstić information content (AvgIpc) is 2.75. The third-order valence-electron chi connectivity index (χ3n) is 1.79. The predicted octanol–water partition coefficient (Wildman–Crippen LogP) is -0.563. The molecule has 1 unspecified atom stereocenters. The molecule has 1 aromatic heterocycles. The van der Waals surface area contributed by atoms with Gasteiger partial charge in [-0.2, -0.15) is 0 Å². The molecular weight excluding hydrogens is 240 g/mol. The fourth-order valence-electron chi connectivity index (χ4n) is 0.913. The fraction of sp³-hybridized carbons (Fsp3) is 0.400. The average molecular weight is 258 g/mol. The van der Waals surface area contributed by atoms with E-state index in [0.29, 0.717) is 19.4 Å². The van der Waals surface area contributed by atoms with Crippen LogP contribution in [0.5, 0.6) is 5.95 Å². The minimum atomic E-state index is -1.00. The number of nitrogens with zero attached hydrogens (tertiary/aromatic N) is 1. The van der Waals surface area contributed by atoms with Crippen molar-refractivity contribution < 1.29 is 19.4 Å². The van der Waals surface area contributed by atoms with Crippen molar-refractivity contribution in [3.05, 3.63) is 18.4 Å². The van der Waals surface area contributed by atoms with Gasteiger partial charge in [-0.25, -0.2) is 0 Å². The molecule has 1 heterocycles. The number of rotatable bonds is 5. The Morgan fingerprint density at radius 2 is 2.17 bits per heavy atom. The zero-order valence-electron chi connectivity index (χ0n) is 9.82. The number of hydrogen-bond acceptors (Lipinski definition) is 5. The van der Waals surface area contributed by atoms with E-state index in [4.69, 9.17) is 27.4 Å². The third kappa shape index (κ3) is 9.04. The minimum Gasteiger partial charge on any atom is -0.481 e.